The molecule has 2 heterocycles. The van der Waals surface area contributed by atoms with Gasteiger partial charge in [-0.1, -0.05) is 42.5 Å². The van der Waals surface area contributed by atoms with Crippen LogP contribution in [0.5, 0.6) is 11.5 Å². The molecule has 2 fully saturated rings. The van der Waals surface area contributed by atoms with Gasteiger partial charge in [-0.2, -0.15) is 0 Å². The van der Waals surface area contributed by atoms with E-state index in [0.29, 0.717) is 50.3 Å². The second-order valence-corrected chi connectivity index (χ2v) is 11.0. The second-order valence-electron chi connectivity index (χ2n) is 11.0. The zero-order valence-corrected chi connectivity index (χ0v) is 24.2. The van der Waals surface area contributed by atoms with E-state index in [1.54, 1.807) is 12.1 Å². The van der Waals surface area contributed by atoms with Crippen LogP contribution >= 0.6 is 0 Å². The number of amides is 1. The molecule has 1 amide bonds. The van der Waals surface area contributed by atoms with Gasteiger partial charge in [0.15, 0.2) is 0 Å². The van der Waals surface area contributed by atoms with Crippen molar-refractivity contribution in [2.75, 3.05) is 46.0 Å². The first-order valence-corrected chi connectivity index (χ1v) is 15.1. The number of ether oxygens (including phenoxy) is 3. The number of carbonyl (C=O) groups is 1. The lowest BCUT2D eigenvalue weighted by Crippen LogP contribution is -2.47. The van der Waals surface area contributed by atoms with Crippen molar-refractivity contribution >= 4 is 5.91 Å². The Hall–Kier alpha value is -3.46. The van der Waals surface area contributed by atoms with E-state index in [2.05, 4.69) is 34.9 Å². The number of likely N-dealkylation sites (tertiary alicyclic amines) is 1. The smallest absolute Gasteiger partial charge is 0.222 e. The molecule has 5 rings (SSSR count). The molecule has 2 atom stereocenters. The van der Waals surface area contributed by atoms with Crippen LogP contribution in [-0.4, -0.2) is 62.8 Å². The molecule has 3 aromatic carbocycles. The molecule has 2 N–H and O–H groups in total. The molecular weight excluding hydrogens is 533 g/mol. The van der Waals surface area contributed by atoms with Gasteiger partial charge in [-0.15, -0.1) is 0 Å². The lowest BCUT2D eigenvalue weighted by atomic mass is 9.86. The van der Waals surface area contributed by atoms with E-state index in [0.717, 1.165) is 56.9 Å². The van der Waals surface area contributed by atoms with E-state index in [1.165, 1.54) is 17.2 Å². The van der Waals surface area contributed by atoms with E-state index in [9.17, 15) is 9.18 Å². The number of hydrogen-bond donors (Lipinski definition) is 2. The van der Waals surface area contributed by atoms with Crippen molar-refractivity contribution in [2.24, 2.45) is 0 Å². The van der Waals surface area contributed by atoms with Crippen LogP contribution in [-0.2, 0) is 22.7 Å². The standard InChI is InChI=1S/C34H42FN3O4/c35-32-9-2-1-7-28(32)25-40-19-5-20-41-29-13-11-27(12-14-29)31-15-16-36-24-33(31)37-23-26-6-3-8-30(22-26)42-21-18-38-17-4-10-34(38)39/h1-3,6-9,11-14,22,31,33,36-37H,4-5,10,15-21,23-25H2/t31?,33-/m1/s1. The summed E-state index contributed by atoms with van der Waals surface area (Å²) in [6, 6.07) is 23.6. The summed E-state index contributed by atoms with van der Waals surface area (Å²) in [6.07, 6.45) is 3.41. The number of nitrogens with one attached hydrogen (secondary N) is 2. The van der Waals surface area contributed by atoms with Crippen molar-refractivity contribution in [3.8, 4) is 11.5 Å². The highest BCUT2D eigenvalue weighted by molar-refractivity contribution is 5.78. The molecule has 224 valence electrons. The number of nitrogens with zero attached hydrogens (tertiary/aromatic N) is 1. The van der Waals surface area contributed by atoms with Gasteiger partial charge in [0, 0.05) is 50.0 Å². The Morgan fingerprint density at radius 3 is 2.64 bits per heavy atom. The maximum atomic E-state index is 13.7. The van der Waals surface area contributed by atoms with Crippen LogP contribution in [0.4, 0.5) is 4.39 Å². The van der Waals surface area contributed by atoms with Crippen LogP contribution in [0.25, 0.3) is 0 Å². The molecular formula is C34H42FN3O4. The average molecular weight is 576 g/mol. The molecule has 0 aromatic heterocycles. The van der Waals surface area contributed by atoms with Gasteiger partial charge in [0.25, 0.3) is 0 Å². The Labute approximate surface area is 248 Å². The first kappa shape index (κ1) is 30.0. The molecule has 2 aliphatic rings. The first-order valence-electron chi connectivity index (χ1n) is 15.1. The SMILES string of the molecule is O=C1CCCN1CCOc1cccc(CN[C@@H]2CNCCC2c2ccc(OCCCOCc3ccccc3F)cc2)c1. The average Bonchev–Trinajstić information content (AvgIpc) is 3.43. The zero-order chi connectivity index (χ0) is 29.0. The van der Waals surface area contributed by atoms with Gasteiger partial charge >= 0.3 is 0 Å². The van der Waals surface area contributed by atoms with Crippen molar-refractivity contribution in [1.29, 1.82) is 0 Å². The molecule has 42 heavy (non-hydrogen) atoms. The zero-order valence-electron chi connectivity index (χ0n) is 24.2. The Morgan fingerprint density at radius 1 is 0.952 bits per heavy atom. The molecule has 0 aliphatic carbocycles. The molecule has 1 unspecified atom stereocenters. The third kappa shape index (κ3) is 8.77. The van der Waals surface area contributed by atoms with E-state index in [4.69, 9.17) is 14.2 Å². The predicted molar refractivity (Wildman–Crippen MR) is 161 cm³/mol. The first-order chi connectivity index (χ1) is 20.7. The molecule has 0 bridgehead atoms. The maximum Gasteiger partial charge on any atom is 0.222 e. The summed E-state index contributed by atoms with van der Waals surface area (Å²) in [6.45, 7) is 6.00. The van der Waals surface area contributed by atoms with Gasteiger partial charge in [0.1, 0.15) is 23.9 Å². The van der Waals surface area contributed by atoms with Crippen LogP contribution in [0.3, 0.4) is 0 Å². The van der Waals surface area contributed by atoms with Crippen LogP contribution < -0.4 is 20.1 Å². The fourth-order valence-electron chi connectivity index (χ4n) is 5.64. The monoisotopic (exact) mass is 575 g/mol. The summed E-state index contributed by atoms with van der Waals surface area (Å²) in [5.41, 5.74) is 3.06. The molecule has 3 aromatic rings. The van der Waals surface area contributed by atoms with Gasteiger partial charge < -0.3 is 29.7 Å². The Morgan fingerprint density at radius 2 is 1.81 bits per heavy atom. The van der Waals surface area contributed by atoms with E-state index in [1.807, 2.05) is 35.2 Å². The third-order valence-electron chi connectivity index (χ3n) is 7.98. The molecule has 0 spiro atoms. The Bertz CT molecular complexity index is 1270. The molecule has 2 aliphatic heterocycles. The highest BCUT2D eigenvalue weighted by Gasteiger charge is 2.26. The Kier molecular flexibility index (Phi) is 11.2. The quantitative estimate of drug-likeness (QED) is 0.247. The fourth-order valence-corrected chi connectivity index (χ4v) is 5.64. The van der Waals surface area contributed by atoms with Gasteiger partial charge in [-0.25, -0.2) is 4.39 Å². The fraction of sp³-hybridized carbons (Fsp3) is 0.441. The normalized spacial score (nSPS) is 18.8. The summed E-state index contributed by atoms with van der Waals surface area (Å²) in [5, 5.41) is 7.30. The lowest BCUT2D eigenvalue weighted by Gasteiger charge is -2.33. The summed E-state index contributed by atoms with van der Waals surface area (Å²) in [5.74, 6) is 2.09. The summed E-state index contributed by atoms with van der Waals surface area (Å²) in [4.78, 5) is 13.7. The Balaban J connectivity index is 1.04. The maximum absolute atomic E-state index is 13.7. The van der Waals surface area contributed by atoms with Crippen molar-refractivity contribution in [3.05, 3.63) is 95.3 Å². The van der Waals surface area contributed by atoms with E-state index in [-0.39, 0.29) is 18.3 Å². The van der Waals surface area contributed by atoms with Crippen molar-refractivity contribution in [1.82, 2.24) is 15.5 Å². The summed E-state index contributed by atoms with van der Waals surface area (Å²) in [7, 11) is 0. The minimum atomic E-state index is -0.233. The van der Waals surface area contributed by atoms with Crippen molar-refractivity contribution in [3.63, 3.8) is 0 Å². The number of benzene rings is 3. The van der Waals surface area contributed by atoms with Crippen molar-refractivity contribution < 1.29 is 23.4 Å². The van der Waals surface area contributed by atoms with Gasteiger partial charge in [-0.05, 0) is 60.8 Å². The van der Waals surface area contributed by atoms with Gasteiger partial charge in [-0.3, -0.25) is 4.79 Å². The minimum absolute atomic E-state index is 0.231. The molecule has 8 heteroatoms. The number of carbonyl (C=O) groups excluding carboxylic acids is 1. The van der Waals surface area contributed by atoms with Crippen molar-refractivity contribution in [2.45, 2.75) is 50.8 Å². The number of rotatable bonds is 15. The topological polar surface area (TPSA) is 72.1 Å². The highest BCUT2D eigenvalue weighted by Crippen LogP contribution is 2.28. The molecule has 0 saturated carbocycles. The lowest BCUT2D eigenvalue weighted by molar-refractivity contribution is -0.128. The van der Waals surface area contributed by atoms with Crippen LogP contribution in [0.1, 0.15) is 48.3 Å². The highest BCUT2D eigenvalue weighted by atomic mass is 19.1. The number of halogens is 1. The van der Waals surface area contributed by atoms with E-state index < -0.39 is 0 Å². The van der Waals surface area contributed by atoms with Crippen LogP contribution in [0.2, 0.25) is 0 Å². The van der Waals surface area contributed by atoms with Gasteiger partial charge in [0.05, 0.1) is 26.4 Å². The predicted octanol–water partition coefficient (Wildman–Crippen LogP) is 5.05. The summed E-state index contributed by atoms with van der Waals surface area (Å²) < 4.78 is 31.1. The largest absolute Gasteiger partial charge is 0.494 e. The van der Waals surface area contributed by atoms with Gasteiger partial charge in [0.2, 0.25) is 5.91 Å². The molecule has 7 nitrogen and oxygen atoms in total. The number of piperidine rings is 1. The van der Waals surface area contributed by atoms with E-state index >= 15 is 0 Å². The third-order valence-corrected chi connectivity index (χ3v) is 7.98. The number of hydrogen-bond acceptors (Lipinski definition) is 6. The van der Waals surface area contributed by atoms with Crippen LogP contribution in [0.15, 0.2) is 72.8 Å². The molecule has 2 saturated heterocycles. The second kappa shape index (κ2) is 15.7. The van der Waals surface area contributed by atoms with Crippen LogP contribution in [0, 0.1) is 5.82 Å². The minimum Gasteiger partial charge on any atom is -0.494 e. The molecule has 0 radical (unpaired) electrons. The summed E-state index contributed by atoms with van der Waals surface area (Å²) >= 11 is 0.